The van der Waals surface area contributed by atoms with Crippen molar-refractivity contribution >= 4 is 53.8 Å². The summed E-state index contributed by atoms with van der Waals surface area (Å²) in [6, 6.07) is 6.94. The predicted molar refractivity (Wildman–Crippen MR) is 82.4 cm³/mol. The second-order valence-electron chi connectivity index (χ2n) is 3.94. The van der Waals surface area contributed by atoms with Crippen LogP contribution in [0.5, 0.6) is 0 Å². The van der Waals surface area contributed by atoms with Crippen LogP contribution in [-0.4, -0.2) is 17.8 Å². The topological polar surface area (TPSA) is 89.5 Å². The van der Waals surface area contributed by atoms with Gasteiger partial charge in [0.15, 0.2) is 10.8 Å². The number of rotatable bonds is 3. The van der Waals surface area contributed by atoms with Gasteiger partial charge in [-0.05, 0) is 28.1 Å². The Morgan fingerprint density at radius 2 is 2.10 bits per heavy atom. The molecule has 0 fully saturated rings. The van der Waals surface area contributed by atoms with Crippen molar-refractivity contribution in [2.75, 3.05) is 10.5 Å². The Kier molecular flexibility index (Phi) is 3.19. The van der Waals surface area contributed by atoms with Gasteiger partial charge < -0.3 is 5.73 Å². The second-order valence-corrected chi connectivity index (χ2v) is 7.27. The van der Waals surface area contributed by atoms with Crippen LogP contribution in [0.4, 0.5) is 11.5 Å². The highest BCUT2D eigenvalue weighted by Crippen LogP contribution is 2.28. The zero-order valence-electron chi connectivity index (χ0n) is 9.95. The molecule has 0 amide bonds. The minimum atomic E-state index is -3.82. The number of anilines is 2. The van der Waals surface area contributed by atoms with E-state index in [0.29, 0.717) is 15.1 Å². The predicted octanol–water partition coefficient (Wildman–Crippen LogP) is 2.54. The molecule has 0 saturated carbocycles. The maximum Gasteiger partial charge on any atom is 0.281 e. The van der Waals surface area contributed by atoms with Gasteiger partial charge >= 0.3 is 0 Å². The Morgan fingerprint density at radius 1 is 1.35 bits per heavy atom. The third kappa shape index (κ3) is 2.17. The molecule has 0 spiro atoms. The monoisotopic (exact) mass is 372 g/mol. The number of nitrogens with zero attached hydrogens (tertiary/aromatic N) is 2. The molecule has 0 atom stereocenters. The van der Waals surface area contributed by atoms with Crippen molar-refractivity contribution in [2.45, 2.75) is 5.03 Å². The molecule has 6 nitrogen and oxygen atoms in total. The van der Waals surface area contributed by atoms with Crippen molar-refractivity contribution in [3.05, 3.63) is 40.3 Å². The van der Waals surface area contributed by atoms with Gasteiger partial charge in [0.1, 0.15) is 0 Å². The van der Waals surface area contributed by atoms with E-state index in [1.807, 2.05) is 0 Å². The first kappa shape index (κ1) is 13.4. The number of hydrogen-bond donors (Lipinski definition) is 2. The number of sulfonamides is 1. The third-order valence-electron chi connectivity index (χ3n) is 2.62. The van der Waals surface area contributed by atoms with Crippen LogP contribution in [0.15, 0.2) is 45.3 Å². The molecule has 3 N–H and O–H groups in total. The van der Waals surface area contributed by atoms with Crippen LogP contribution in [0.2, 0.25) is 0 Å². The SMILES string of the molecule is Nc1nc2sccn2c1S(=O)(=O)Nc1ccccc1Br. The maximum absolute atomic E-state index is 12.5. The molecule has 104 valence electrons. The summed E-state index contributed by atoms with van der Waals surface area (Å²) in [7, 11) is -3.82. The van der Waals surface area contributed by atoms with Crippen LogP contribution >= 0.6 is 27.3 Å². The summed E-state index contributed by atoms with van der Waals surface area (Å²) in [5, 5.41) is 1.70. The summed E-state index contributed by atoms with van der Waals surface area (Å²) in [4.78, 5) is 4.57. The zero-order chi connectivity index (χ0) is 14.3. The fraction of sp³-hybridized carbons (Fsp3) is 0. The van der Waals surface area contributed by atoms with Crippen LogP contribution in [0.1, 0.15) is 0 Å². The molecule has 1 aromatic carbocycles. The fourth-order valence-electron chi connectivity index (χ4n) is 1.79. The van der Waals surface area contributed by atoms with Crippen molar-refractivity contribution in [1.29, 1.82) is 0 Å². The van der Waals surface area contributed by atoms with E-state index in [2.05, 4.69) is 25.6 Å². The summed E-state index contributed by atoms with van der Waals surface area (Å²) in [5.74, 6) is -0.0172. The minimum Gasteiger partial charge on any atom is -0.381 e. The number of thiazole rings is 1. The summed E-state index contributed by atoms with van der Waals surface area (Å²) in [6.45, 7) is 0. The summed E-state index contributed by atoms with van der Waals surface area (Å²) >= 11 is 4.61. The van der Waals surface area contributed by atoms with Gasteiger partial charge in [-0.3, -0.25) is 9.12 Å². The van der Waals surface area contributed by atoms with Gasteiger partial charge in [-0.2, -0.15) is 8.42 Å². The lowest BCUT2D eigenvalue weighted by Crippen LogP contribution is -2.16. The van der Waals surface area contributed by atoms with Crippen molar-refractivity contribution in [1.82, 2.24) is 9.38 Å². The lowest BCUT2D eigenvalue weighted by molar-refractivity contribution is 0.597. The molecule has 2 heterocycles. The number of hydrogen-bond acceptors (Lipinski definition) is 5. The molecule has 2 aromatic heterocycles. The van der Waals surface area contributed by atoms with E-state index < -0.39 is 10.0 Å². The molecule has 0 bridgehead atoms. The van der Waals surface area contributed by atoms with E-state index in [0.717, 1.165) is 0 Å². The Labute approximate surface area is 127 Å². The molecule has 0 radical (unpaired) electrons. The smallest absolute Gasteiger partial charge is 0.281 e. The van der Waals surface area contributed by atoms with Gasteiger partial charge in [-0.25, -0.2) is 4.98 Å². The van der Waals surface area contributed by atoms with Gasteiger partial charge in [0.2, 0.25) is 5.03 Å². The molecule has 0 unspecified atom stereocenters. The second kappa shape index (κ2) is 4.76. The average Bonchev–Trinajstić information content (AvgIpc) is 2.91. The molecule has 9 heteroatoms. The third-order valence-corrected chi connectivity index (χ3v) is 5.47. The van der Waals surface area contributed by atoms with E-state index in [-0.39, 0.29) is 10.8 Å². The van der Waals surface area contributed by atoms with E-state index in [4.69, 9.17) is 5.73 Å². The Morgan fingerprint density at radius 3 is 2.85 bits per heavy atom. The highest BCUT2D eigenvalue weighted by atomic mass is 79.9. The van der Waals surface area contributed by atoms with Gasteiger partial charge in [0, 0.05) is 16.0 Å². The highest BCUT2D eigenvalue weighted by molar-refractivity contribution is 9.10. The number of imidazole rings is 1. The Hall–Kier alpha value is -1.58. The van der Waals surface area contributed by atoms with E-state index in [9.17, 15) is 8.42 Å². The number of nitrogens with one attached hydrogen (secondary N) is 1. The minimum absolute atomic E-state index is 0.0172. The first-order chi connectivity index (χ1) is 9.49. The number of aromatic nitrogens is 2. The van der Waals surface area contributed by atoms with Crippen LogP contribution in [0, 0.1) is 0 Å². The molecule has 0 aliphatic rings. The van der Waals surface area contributed by atoms with Gasteiger partial charge in [-0.1, -0.05) is 12.1 Å². The number of halogens is 1. The van der Waals surface area contributed by atoms with E-state index in [1.165, 1.54) is 15.7 Å². The normalized spacial score (nSPS) is 11.8. The number of benzene rings is 1. The van der Waals surface area contributed by atoms with E-state index >= 15 is 0 Å². The molecule has 20 heavy (non-hydrogen) atoms. The number of nitrogen functional groups attached to an aromatic ring is 1. The van der Waals surface area contributed by atoms with Gasteiger partial charge in [0.05, 0.1) is 5.69 Å². The molecule has 0 aliphatic carbocycles. The highest BCUT2D eigenvalue weighted by Gasteiger charge is 2.25. The molecule has 3 aromatic rings. The number of fused-ring (bicyclic) bond motifs is 1. The molecule has 0 aliphatic heterocycles. The number of para-hydroxylation sites is 1. The van der Waals surface area contributed by atoms with Crippen LogP contribution in [0.3, 0.4) is 0 Å². The van der Waals surface area contributed by atoms with Crippen molar-refractivity contribution in [2.24, 2.45) is 0 Å². The lowest BCUT2D eigenvalue weighted by atomic mass is 10.3. The van der Waals surface area contributed by atoms with Crippen molar-refractivity contribution in [3.8, 4) is 0 Å². The first-order valence-corrected chi connectivity index (χ1v) is 8.63. The van der Waals surface area contributed by atoms with Crippen molar-refractivity contribution in [3.63, 3.8) is 0 Å². The Balaban J connectivity index is 2.11. The maximum atomic E-state index is 12.5. The average molecular weight is 373 g/mol. The largest absolute Gasteiger partial charge is 0.381 e. The first-order valence-electron chi connectivity index (χ1n) is 5.47. The zero-order valence-corrected chi connectivity index (χ0v) is 13.2. The summed E-state index contributed by atoms with van der Waals surface area (Å²) in [6.07, 6.45) is 1.62. The quantitative estimate of drug-likeness (QED) is 0.738. The summed E-state index contributed by atoms with van der Waals surface area (Å²) in [5.41, 5.74) is 6.16. The molecule has 3 rings (SSSR count). The standard InChI is InChI=1S/C11H9BrN4O2S2/c12-7-3-1-2-4-8(7)15-20(17,18)10-9(13)14-11-16(10)5-6-19-11/h1-6,15H,13H2. The van der Waals surface area contributed by atoms with Crippen molar-refractivity contribution < 1.29 is 8.42 Å². The molecular weight excluding hydrogens is 364 g/mol. The molecular formula is C11H9BrN4O2S2. The molecule has 0 saturated heterocycles. The van der Waals surface area contributed by atoms with Crippen LogP contribution in [-0.2, 0) is 10.0 Å². The summed E-state index contributed by atoms with van der Waals surface area (Å²) < 4.78 is 29.6. The van der Waals surface area contributed by atoms with Gasteiger partial charge in [-0.15, -0.1) is 11.3 Å². The van der Waals surface area contributed by atoms with Crippen LogP contribution < -0.4 is 10.5 Å². The number of nitrogens with two attached hydrogens (primary N) is 1. The van der Waals surface area contributed by atoms with Gasteiger partial charge in [0.25, 0.3) is 10.0 Å². The lowest BCUT2D eigenvalue weighted by Gasteiger charge is -2.09. The van der Waals surface area contributed by atoms with Crippen LogP contribution in [0.25, 0.3) is 4.96 Å². The Bertz CT molecular complexity index is 885. The fourth-order valence-corrected chi connectivity index (χ4v) is 4.37. The van der Waals surface area contributed by atoms with E-state index in [1.54, 1.807) is 35.8 Å².